The Balaban J connectivity index is 1.74. The summed E-state index contributed by atoms with van der Waals surface area (Å²) >= 11 is 0. The smallest absolute Gasteiger partial charge is 0.150 e. The van der Waals surface area contributed by atoms with Crippen molar-refractivity contribution in [3.05, 3.63) is 61.0 Å². The first-order chi connectivity index (χ1) is 9.83. The fourth-order valence-corrected chi connectivity index (χ4v) is 1.75. The minimum Gasteiger partial charge on any atom is -0.379 e. The molecule has 2 aromatic heterocycles. The lowest BCUT2D eigenvalue weighted by atomic mass is 10.2. The van der Waals surface area contributed by atoms with E-state index in [-0.39, 0.29) is 5.82 Å². The van der Waals surface area contributed by atoms with E-state index in [9.17, 15) is 4.39 Å². The Morgan fingerprint density at radius 2 is 2.10 bits per heavy atom. The molecule has 0 atom stereocenters. The Morgan fingerprint density at radius 1 is 1.15 bits per heavy atom. The Hall–Kier alpha value is -2.83. The Morgan fingerprint density at radius 3 is 2.80 bits per heavy atom. The molecule has 0 unspecified atom stereocenters. The molecule has 3 rings (SSSR count). The first-order valence-electron chi connectivity index (χ1n) is 5.96. The third-order valence-corrected chi connectivity index (χ3v) is 2.73. The molecule has 0 fully saturated rings. The van der Waals surface area contributed by atoms with E-state index in [1.807, 2.05) is 0 Å². The average Bonchev–Trinajstić information content (AvgIpc) is 3.00. The molecule has 0 aliphatic carbocycles. The minimum absolute atomic E-state index is 0.357. The number of hydrogen-bond donors (Lipinski definition) is 1. The molecule has 0 saturated carbocycles. The third kappa shape index (κ3) is 2.61. The highest BCUT2D eigenvalue weighted by Crippen LogP contribution is 2.17. The molecule has 1 N–H and O–H groups in total. The molecule has 6 nitrogen and oxygen atoms in total. The van der Waals surface area contributed by atoms with Crippen molar-refractivity contribution in [1.29, 1.82) is 0 Å². The summed E-state index contributed by atoms with van der Waals surface area (Å²) in [4.78, 5) is 11.7. The maximum atomic E-state index is 14.0. The molecule has 20 heavy (non-hydrogen) atoms. The summed E-state index contributed by atoms with van der Waals surface area (Å²) in [6.45, 7) is 0.505. The second kappa shape index (κ2) is 5.43. The molecule has 100 valence electrons. The second-order valence-electron chi connectivity index (χ2n) is 4.06. The standard InChI is InChI=1S/C13H11FN6/c14-12-5-10(17-6-11-3-4-15-7-18-11)1-2-13(12)20-9-16-8-19-20/h1-5,7-9,17H,6H2. The molecular weight excluding hydrogens is 259 g/mol. The van der Waals surface area contributed by atoms with Crippen molar-refractivity contribution < 1.29 is 4.39 Å². The average molecular weight is 270 g/mol. The predicted octanol–water partition coefficient (Wildman–Crippen LogP) is 1.81. The zero-order valence-electron chi connectivity index (χ0n) is 10.4. The van der Waals surface area contributed by atoms with Gasteiger partial charge in [-0.25, -0.2) is 24.0 Å². The molecule has 0 bridgehead atoms. The maximum absolute atomic E-state index is 14.0. The fourth-order valence-electron chi connectivity index (χ4n) is 1.75. The van der Waals surface area contributed by atoms with Crippen LogP contribution in [0.1, 0.15) is 5.69 Å². The van der Waals surface area contributed by atoms with Gasteiger partial charge in [0.2, 0.25) is 0 Å². The van der Waals surface area contributed by atoms with Crippen molar-refractivity contribution in [2.24, 2.45) is 0 Å². The van der Waals surface area contributed by atoms with Crippen LogP contribution >= 0.6 is 0 Å². The minimum atomic E-state index is -0.372. The summed E-state index contributed by atoms with van der Waals surface area (Å²) in [6, 6.07) is 6.64. The lowest BCUT2D eigenvalue weighted by Crippen LogP contribution is -2.03. The van der Waals surface area contributed by atoms with Crippen molar-refractivity contribution >= 4 is 5.69 Å². The Bertz CT molecular complexity index is 683. The van der Waals surface area contributed by atoms with E-state index in [0.717, 1.165) is 5.69 Å². The number of aromatic nitrogens is 5. The predicted molar refractivity (Wildman–Crippen MR) is 70.7 cm³/mol. The normalized spacial score (nSPS) is 10.4. The highest BCUT2D eigenvalue weighted by molar-refractivity contribution is 5.49. The van der Waals surface area contributed by atoms with Gasteiger partial charge in [0.05, 0.1) is 12.2 Å². The second-order valence-corrected chi connectivity index (χ2v) is 4.06. The lowest BCUT2D eigenvalue weighted by Gasteiger charge is -2.08. The van der Waals surface area contributed by atoms with Crippen molar-refractivity contribution in [3.8, 4) is 5.69 Å². The Labute approximate surface area is 114 Å². The van der Waals surface area contributed by atoms with E-state index >= 15 is 0 Å². The molecule has 2 heterocycles. The zero-order chi connectivity index (χ0) is 13.8. The number of halogens is 1. The van der Waals surface area contributed by atoms with E-state index in [1.165, 1.54) is 29.7 Å². The summed E-state index contributed by atoms with van der Waals surface area (Å²) in [5.41, 5.74) is 1.86. The fraction of sp³-hybridized carbons (Fsp3) is 0.0769. The van der Waals surface area contributed by atoms with Crippen LogP contribution in [0.25, 0.3) is 5.69 Å². The van der Waals surface area contributed by atoms with Crippen LogP contribution in [0.5, 0.6) is 0 Å². The number of hydrogen-bond acceptors (Lipinski definition) is 5. The van der Waals surface area contributed by atoms with Crippen molar-refractivity contribution in [1.82, 2.24) is 24.7 Å². The Kier molecular flexibility index (Phi) is 3.32. The summed E-state index contributed by atoms with van der Waals surface area (Å²) in [5.74, 6) is -0.372. The van der Waals surface area contributed by atoms with Gasteiger partial charge in [-0.15, -0.1) is 0 Å². The first kappa shape index (κ1) is 12.2. The van der Waals surface area contributed by atoms with Gasteiger partial charge in [-0.05, 0) is 24.3 Å². The van der Waals surface area contributed by atoms with Crippen LogP contribution in [0.15, 0.2) is 49.4 Å². The maximum Gasteiger partial charge on any atom is 0.150 e. The van der Waals surface area contributed by atoms with Crippen LogP contribution in [0.2, 0.25) is 0 Å². The number of nitrogens with zero attached hydrogens (tertiary/aromatic N) is 5. The van der Waals surface area contributed by atoms with Crippen LogP contribution in [-0.4, -0.2) is 24.7 Å². The molecule has 3 aromatic rings. The van der Waals surface area contributed by atoms with E-state index in [2.05, 4.69) is 25.4 Å². The molecule has 7 heteroatoms. The largest absolute Gasteiger partial charge is 0.379 e. The van der Waals surface area contributed by atoms with Gasteiger partial charge in [-0.3, -0.25) is 0 Å². The molecule has 0 aliphatic heterocycles. The lowest BCUT2D eigenvalue weighted by molar-refractivity contribution is 0.611. The number of benzene rings is 1. The van der Waals surface area contributed by atoms with E-state index < -0.39 is 0 Å². The van der Waals surface area contributed by atoms with E-state index in [4.69, 9.17) is 0 Å². The van der Waals surface area contributed by atoms with Gasteiger partial charge in [0.25, 0.3) is 0 Å². The molecular formula is C13H11FN6. The van der Waals surface area contributed by atoms with Crippen LogP contribution in [0.3, 0.4) is 0 Å². The van der Waals surface area contributed by atoms with Crippen molar-refractivity contribution in [3.63, 3.8) is 0 Å². The summed E-state index contributed by atoms with van der Waals surface area (Å²) in [7, 11) is 0. The molecule has 0 radical (unpaired) electrons. The summed E-state index contributed by atoms with van der Waals surface area (Å²) in [6.07, 6.45) is 5.96. The molecule has 0 spiro atoms. The first-order valence-corrected chi connectivity index (χ1v) is 5.96. The highest BCUT2D eigenvalue weighted by Gasteiger charge is 2.06. The van der Waals surface area contributed by atoms with Gasteiger partial charge in [-0.1, -0.05) is 0 Å². The van der Waals surface area contributed by atoms with Crippen LogP contribution in [-0.2, 0) is 6.54 Å². The topological polar surface area (TPSA) is 68.5 Å². The van der Waals surface area contributed by atoms with Crippen LogP contribution < -0.4 is 5.32 Å². The third-order valence-electron chi connectivity index (χ3n) is 2.73. The van der Waals surface area contributed by atoms with Gasteiger partial charge in [0.15, 0.2) is 5.82 Å². The zero-order valence-corrected chi connectivity index (χ0v) is 10.4. The number of anilines is 1. The van der Waals surface area contributed by atoms with Crippen molar-refractivity contribution in [2.45, 2.75) is 6.54 Å². The summed E-state index contributed by atoms with van der Waals surface area (Å²) in [5, 5.41) is 7.00. The number of nitrogens with one attached hydrogen (secondary N) is 1. The van der Waals surface area contributed by atoms with Gasteiger partial charge < -0.3 is 5.32 Å². The van der Waals surface area contributed by atoms with Crippen molar-refractivity contribution in [2.75, 3.05) is 5.32 Å². The van der Waals surface area contributed by atoms with Gasteiger partial charge in [0.1, 0.15) is 24.7 Å². The highest BCUT2D eigenvalue weighted by atomic mass is 19.1. The van der Waals surface area contributed by atoms with E-state index in [0.29, 0.717) is 17.9 Å². The molecule has 0 amide bonds. The quantitative estimate of drug-likeness (QED) is 0.783. The number of rotatable bonds is 4. The molecule has 0 saturated heterocycles. The van der Waals surface area contributed by atoms with E-state index in [1.54, 1.807) is 24.4 Å². The molecule has 1 aromatic carbocycles. The van der Waals surface area contributed by atoms with Gasteiger partial charge >= 0.3 is 0 Å². The SMILES string of the molecule is Fc1cc(NCc2ccncn2)ccc1-n1cncn1. The van der Waals surface area contributed by atoms with Crippen LogP contribution in [0.4, 0.5) is 10.1 Å². The van der Waals surface area contributed by atoms with Gasteiger partial charge in [0, 0.05) is 11.9 Å². The van der Waals surface area contributed by atoms with Gasteiger partial charge in [-0.2, -0.15) is 5.10 Å². The monoisotopic (exact) mass is 270 g/mol. The van der Waals surface area contributed by atoms with Crippen LogP contribution in [0, 0.1) is 5.82 Å². The summed E-state index contributed by atoms with van der Waals surface area (Å²) < 4.78 is 15.4. The molecule has 0 aliphatic rings.